The predicted octanol–water partition coefficient (Wildman–Crippen LogP) is 5.73. The summed E-state index contributed by atoms with van der Waals surface area (Å²) in [5.41, 5.74) is 1.93. The molecular weight excluding hydrogens is 388 g/mol. The van der Waals surface area contributed by atoms with Crippen LogP contribution in [0.2, 0.25) is 0 Å². The molecule has 5 heteroatoms. The van der Waals surface area contributed by atoms with E-state index in [2.05, 4.69) is 37.9 Å². The van der Waals surface area contributed by atoms with E-state index in [0.717, 1.165) is 37.9 Å². The van der Waals surface area contributed by atoms with Crippen molar-refractivity contribution in [1.82, 2.24) is 4.90 Å². The minimum atomic E-state index is -0.612. The van der Waals surface area contributed by atoms with E-state index >= 15 is 0 Å². The van der Waals surface area contributed by atoms with Crippen LogP contribution in [-0.2, 0) is 5.41 Å². The zero-order valence-corrected chi connectivity index (χ0v) is 20.3. The second-order valence-electron chi connectivity index (χ2n) is 8.92. The molecule has 1 aliphatic carbocycles. The van der Waals surface area contributed by atoms with E-state index in [1.807, 2.05) is 12.1 Å². The van der Waals surface area contributed by atoms with Crippen LogP contribution in [0.25, 0.3) is 0 Å². The Kier molecular flexibility index (Phi) is 9.71. The van der Waals surface area contributed by atoms with Crippen molar-refractivity contribution in [2.75, 3.05) is 41.5 Å². The normalized spacial score (nSPS) is 15.9. The number of hydrogen-bond acceptors (Lipinski definition) is 5. The number of nitrogens with zero attached hydrogens (tertiary/aromatic N) is 2. The van der Waals surface area contributed by atoms with E-state index < -0.39 is 5.41 Å². The molecule has 0 aliphatic heterocycles. The number of hydrogen-bond donors (Lipinski definition) is 0. The molecule has 0 amide bonds. The van der Waals surface area contributed by atoms with Crippen molar-refractivity contribution >= 4 is 0 Å². The Balaban J connectivity index is 2.12. The first-order chi connectivity index (χ1) is 14.9. The summed E-state index contributed by atoms with van der Waals surface area (Å²) in [6, 6.07) is 6.52. The second kappa shape index (κ2) is 12.0. The minimum absolute atomic E-state index is 0.151. The average Bonchev–Trinajstić information content (AvgIpc) is 2.80. The number of benzene rings is 1. The fourth-order valence-electron chi connectivity index (χ4n) is 4.56. The largest absolute Gasteiger partial charge is 0.493 e. The van der Waals surface area contributed by atoms with E-state index in [1.165, 1.54) is 25.7 Å². The average molecular weight is 429 g/mol. The lowest BCUT2D eigenvalue weighted by Gasteiger charge is -2.33. The molecule has 0 heterocycles. The molecule has 1 aromatic carbocycles. The molecule has 172 valence electrons. The van der Waals surface area contributed by atoms with Crippen LogP contribution < -0.4 is 14.2 Å². The van der Waals surface area contributed by atoms with E-state index in [-0.39, 0.29) is 5.92 Å². The van der Waals surface area contributed by atoms with Gasteiger partial charge >= 0.3 is 0 Å². The summed E-state index contributed by atoms with van der Waals surface area (Å²) in [4.78, 5) is 2.40. The Morgan fingerprint density at radius 2 is 1.74 bits per heavy atom. The van der Waals surface area contributed by atoms with Gasteiger partial charge in [0.05, 0.1) is 32.8 Å². The van der Waals surface area contributed by atoms with E-state index in [9.17, 15) is 5.26 Å². The molecule has 1 aliphatic rings. The van der Waals surface area contributed by atoms with Crippen LogP contribution in [0, 0.1) is 17.2 Å². The van der Waals surface area contributed by atoms with Gasteiger partial charge < -0.3 is 19.1 Å². The van der Waals surface area contributed by atoms with Crippen LogP contribution in [-0.4, -0.2) is 46.4 Å². The third-order valence-corrected chi connectivity index (χ3v) is 6.68. The third kappa shape index (κ3) is 6.17. The van der Waals surface area contributed by atoms with Crippen LogP contribution in [0.3, 0.4) is 0 Å². The minimum Gasteiger partial charge on any atom is -0.493 e. The quantitative estimate of drug-likeness (QED) is 0.398. The van der Waals surface area contributed by atoms with Gasteiger partial charge in [0.25, 0.3) is 0 Å². The predicted molar refractivity (Wildman–Crippen MR) is 126 cm³/mol. The Labute approximate surface area is 189 Å². The van der Waals surface area contributed by atoms with Crippen molar-refractivity contribution in [3.63, 3.8) is 0 Å². The van der Waals surface area contributed by atoms with Gasteiger partial charge in [-0.15, -0.1) is 0 Å². The lowest BCUT2D eigenvalue weighted by molar-refractivity contribution is 0.289. The molecule has 1 aromatic rings. The summed E-state index contributed by atoms with van der Waals surface area (Å²) in [6.07, 6.45) is 10.5. The zero-order chi connectivity index (χ0) is 22.9. The van der Waals surface area contributed by atoms with Crippen LogP contribution in [0.1, 0.15) is 64.4 Å². The first-order valence-corrected chi connectivity index (χ1v) is 11.5. The van der Waals surface area contributed by atoms with Crippen molar-refractivity contribution in [2.24, 2.45) is 5.92 Å². The molecule has 0 aromatic heterocycles. The van der Waals surface area contributed by atoms with Gasteiger partial charge in [0.2, 0.25) is 5.75 Å². The van der Waals surface area contributed by atoms with Gasteiger partial charge in [-0.2, -0.15) is 5.26 Å². The monoisotopic (exact) mass is 428 g/mol. The van der Waals surface area contributed by atoms with Crippen molar-refractivity contribution in [1.29, 1.82) is 5.26 Å². The number of nitriles is 1. The standard InChI is InChI=1S/C26H40N2O3/c1-20(2)26(19-27,22-17-23(29-4)25(31-6)24(18-22)30-5)14-10-15-28(3)16-13-21-11-8-7-9-12-21/h11,17-18,20H,7-10,12-16H2,1-6H3. The summed E-state index contributed by atoms with van der Waals surface area (Å²) in [5, 5.41) is 10.3. The first kappa shape index (κ1) is 25.1. The number of rotatable bonds is 12. The Morgan fingerprint density at radius 3 is 2.23 bits per heavy atom. The molecule has 0 bridgehead atoms. The first-order valence-electron chi connectivity index (χ1n) is 11.5. The van der Waals surface area contributed by atoms with Gasteiger partial charge in [0.15, 0.2) is 11.5 Å². The van der Waals surface area contributed by atoms with Crippen molar-refractivity contribution in [3.8, 4) is 23.3 Å². The van der Waals surface area contributed by atoms with Crippen LogP contribution >= 0.6 is 0 Å². The summed E-state index contributed by atoms with van der Waals surface area (Å²) in [7, 11) is 7.01. The Bertz CT molecular complexity index is 756. The van der Waals surface area contributed by atoms with Gasteiger partial charge in [0.1, 0.15) is 0 Å². The van der Waals surface area contributed by atoms with Crippen molar-refractivity contribution in [2.45, 2.75) is 64.2 Å². The number of allylic oxidation sites excluding steroid dienone is 1. The van der Waals surface area contributed by atoms with Gasteiger partial charge in [-0.3, -0.25) is 0 Å². The van der Waals surface area contributed by atoms with E-state index in [1.54, 1.807) is 26.9 Å². The van der Waals surface area contributed by atoms with E-state index in [4.69, 9.17) is 14.2 Å². The highest BCUT2D eigenvalue weighted by Crippen LogP contribution is 2.45. The molecule has 0 N–H and O–H groups in total. The molecule has 0 saturated heterocycles. The van der Waals surface area contributed by atoms with Crippen LogP contribution in [0.5, 0.6) is 17.2 Å². The van der Waals surface area contributed by atoms with Gasteiger partial charge in [-0.05, 0) is 82.2 Å². The maximum absolute atomic E-state index is 10.3. The highest BCUT2D eigenvalue weighted by Gasteiger charge is 2.37. The fourth-order valence-corrected chi connectivity index (χ4v) is 4.56. The molecule has 2 rings (SSSR count). The Hall–Kier alpha value is -2.19. The summed E-state index contributed by atoms with van der Waals surface area (Å²) < 4.78 is 16.6. The smallest absolute Gasteiger partial charge is 0.203 e. The second-order valence-corrected chi connectivity index (χ2v) is 8.92. The van der Waals surface area contributed by atoms with Crippen LogP contribution in [0.15, 0.2) is 23.8 Å². The molecule has 0 radical (unpaired) electrons. The summed E-state index contributed by atoms with van der Waals surface area (Å²) in [6.45, 7) is 6.29. The number of methoxy groups -OCH3 is 3. The summed E-state index contributed by atoms with van der Waals surface area (Å²) >= 11 is 0. The molecular formula is C26H40N2O3. The maximum Gasteiger partial charge on any atom is 0.203 e. The number of ether oxygens (including phenoxy) is 3. The topological polar surface area (TPSA) is 54.7 Å². The lowest BCUT2D eigenvalue weighted by Crippen LogP contribution is -2.32. The molecule has 5 nitrogen and oxygen atoms in total. The Morgan fingerprint density at radius 1 is 1.06 bits per heavy atom. The fraction of sp³-hybridized carbons (Fsp3) is 0.654. The van der Waals surface area contributed by atoms with E-state index in [0.29, 0.717) is 17.2 Å². The molecule has 0 fully saturated rings. The molecule has 1 atom stereocenters. The molecule has 1 unspecified atom stereocenters. The van der Waals surface area contributed by atoms with Crippen molar-refractivity contribution in [3.05, 3.63) is 29.3 Å². The molecule has 0 saturated carbocycles. The van der Waals surface area contributed by atoms with Gasteiger partial charge in [0, 0.05) is 6.54 Å². The third-order valence-electron chi connectivity index (χ3n) is 6.68. The molecule has 0 spiro atoms. The lowest BCUT2D eigenvalue weighted by atomic mass is 9.69. The summed E-state index contributed by atoms with van der Waals surface area (Å²) in [5.74, 6) is 1.89. The van der Waals surface area contributed by atoms with Gasteiger partial charge in [-0.1, -0.05) is 25.5 Å². The zero-order valence-electron chi connectivity index (χ0n) is 20.3. The van der Waals surface area contributed by atoms with Gasteiger partial charge in [-0.25, -0.2) is 0 Å². The maximum atomic E-state index is 10.3. The SMILES string of the molecule is COc1cc(C(C#N)(CCCN(C)CCC2=CCCCC2)C(C)C)cc(OC)c1OC. The molecule has 31 heavy (non-hydrogen) atoms. The van der Waals surface area contributed by atoms with Crippen molar-refractivity contribution < 1.29 is 14.2 Å². The highest BCUT2D eigenvalue weighted by atomic mass is 16.5. The highest BCUT2D eigenvalue weighted by molar-refractivity contribution is 5.56. The van der Waals surface area contributed by atoms with Crippen LogP contribution in [0.4, 0.5) is 0 Å².